The highest BCUT2D eigenvalue weighted by Gasteiger charge is 2.15. The molecule has 0 saturated carbocycles. The van der Waals surface area contributed by atoms with Crippen LogP contribution in [0.3, 0.4) is 0 Å². The van der Waals surface area contributed by atoms with Crippen LogP contribution >= 0.6 is 0 Å². The Morgan fingerprint density at radius 3 is 0.851 bits per heavy atom. The van der Waals surface area contributed by atoms with E-state index in [4.69, 9.17) is 47.4 Å². The minimum absolute atomic E-state index is 0.162. The Morgan fingerprint density at radius 1 is 0.255 bits per heavy atom. The second-order valence-corrected chi connectivity index (χ2v) is 26.4. The molecule has 0 heterocycles. The van der Waals surface area contributed by atoms with E-state index in [0.717, 1.165) is 38.9 Å². The van der Waals surface area contributed by atoms with Crippen molar-refractivity contribution in [1.29, 1.82) is 0 Å². The van der Waals surface area contributed by atoms with Crippen molar-refractivity contribution in [2.45, 2.75) is 389 Å². The average molecular weight is 1350 g/mol. The Labute approximate surface area is 585 Å². The Kier molecular flexibility index (Phi) is 100. The molecule has 0 aromatic rings. The van der Waals surface area contributed by atoms with E-state index in [9.17, 15) is 9.59 Å². The molecule has 0 bridgehead atoms. The van der Waals surface area contributed by atoms with Crippen LogP contribution in [0.2, 0.25) is 0 Å². The highest BCUT2D eigenvalue weighted by atomic mass is 16.6. The summed E-state index contributed by atoms with van der Waals surface area (Å²) in [6.45, 7) is 25.5. The number of ether oxygens (including phenoxy) is 10. The van der Waals surface area contributed by atoms with Gasteiger partial charge in [0, 0.05) is 53.7 Å². The standard InChI is InChI=1S/2C37H75NO6.2C3H8/c1-4-6-8-10-12-14-16-18-20-22-24-26-29-42-34-36(35-44-37(39)38-28-31-41-33-32-40-3)43-30-27-25-23-21-19-17-15-13-11-9-7-5-2;1-4-6-8-10-12-14-16-18-20-22-24-26-28-42-35-36(34-38-37(39)44-33-32-41-31-30-40-3)43-29-27-25-23-21-19-17-15-13-11-9-7-5-2;2*1-3-2/h2*36H,4-35H2,1-3H3,(H,38,39);2*3H2,1-2H3/t36-;;;/m1.../s1. The van der Waals surface area contributed by atoms with Gasteiger partial charge in [-0.15, -0.1) is 0 Å². The maximum atomic E-state index is 12.1. The molecule has 2 amide bonds. The summed E-state index contributed by atoms with van der Waals surface area (Å²) in [5.41, 5.74) is 0. The van der Waals surface area contributed by atoms with Gasteiger partial charge in [0.1, 0.15) is 19.3 Å². The number of amides is 2. The summed E-state index contributed by atoms with van der Waals surface area (Å²) in [4.78, 5) is 24.2. The van der Waals surface area contributed by atoms with Crippen LogP contribution in [-0.4, -0.2) is 144 Å². The summed E-state index contributed by atoms with van der Waals surface area (Å²) in [7, 11) is 3.27. The molecular formula is C80H166N2O12. The lowest BCUT2D eigenvalue weighted by molar-refractivity contribution is -0.0469. The second kappa shape index (κ2) is 95.4. The van der Waals surface area contributed by atoms with Crippen LogP contribution in [0.5, 0.6) is 0 Å². The molecule has 94 heavy (non-hydrogen) atoms. The number of carbonyl (C=O) groups excluding carboxylic acids is 2. The zero-order chi connectivity index (χ0) is 69.5. The number of carbonyl (C=O) groups is 2. The zero-order valence-corrected chi connectivity index (χ0v) is 64.7. The van der Waals surface area contributed by atoms with Crippen LogP contribution in [0.4, 0.5) is 9.59 Å². The maximum Gasteiger partial charge on any atom is 0.407 e. The number of alkyl carbamates (subject to hydrolysis) is 2. The molecule has 1 unspecified atom stereocenters. The van der Waals surface area contributed by atoms with E-state index in [0.29, 0.717) is 79.2 Å². The number of hydrogen-bond donors (Lipinski definition) is 2. The monoisotopic (exact) mass is 1350 g/mol. The van der Waals surface area contributed by atoms with Crippen LogP contribution in [0.15, 0.2) is 0 Å². The third-order valence-corrected chi connectivity index (χ3v) is 16.3. The predicted molar refractivity (Wildman–Crippen MR) is 401 cm³/mol. The van der Waals surface area contributed by atoms with Crippen molar-refractivity contribution >= 4 is 12.2 Å². The molecule has 0 rings (SSSR count). The Bertz CT molecular complexity index is 1230. The number of nitrogens with one attached hydrogen (secondary N) is 2. The van der Waals surface area contributed by atoms with E-state index in [-0.39, 0.29) is 25.4 Å². The summed E-state index contributed by atoms with van der Waals surface area (Å²) < 4.78 is 55.4. The van der Waals surface area contributed by atoms with Crippen molar-refractivity contribution in [2.75, 3.05) is 120 Å². The lowest BCUT2D eigenvalue weighted by atomic mass is 10.1. The molecule has 14 nitrogen and oxygen atoms in total. The Balaban J connectivity index is -0.000000794. The first-order valence-corrected chi connectivity index (χ1v) is 40.6. The van der Waals surface area contributed by atoms with Crippen LogP contribution < -0.4 is 10.6 Å². The minimum atomic E-state index is -0.444. The summed E-state index contributed by atoms with van der Waals surface area (Å²) >= 11 is 0. The van der Waals surface area contributed by atoms with Gasteiger partial charge in [0.05, 0.1) is 59.0 Å². The third kappa shape index (κ3) is 96.6. The van der Waals surface area contributed by atoms with E-state index in [1.807, 2.05) is 0 Å². The van der Waals surface area contributed by atoms with E-state index in [1.165, 1.54) is 295 Å². The molecule has 0 aliphatic rings. The van der Waals surface area contributed by atoms with Gasteiger partial charge in [-0.3, -0.25) is 0 Å². The smallest absolute Gasteiger partial charge is 0.407 e. The third-order valence-electron chi connectivity index (χ3n) is 16.3. The molecule has 0 saturated heterocycles. The number of rotatable bonds is 74. The van der Waals surface area contributed by atoms with Crippen molar-refractivity contribution in [2.24, 2.45) is 0 Å². The molecule has 0 aliphatic carbocycles. The Hall–Kier alpha value is -1.78. The van der Waals surface area contributed by atoms with Crippen molar-refractivity contribution in [3.63, 3.8) is 0 Å². The Morgan fingerprint density at radius 2 is 0.521 bits per heavy atom. The first-order chi connectivity index (χ1) is 46.3. The highest BCUT2D eigenvalue weighted by Crippen LogP contribution is 2.17. The molecule has 2 N–H and O–H groups in total. The minimum Gasteiger partial charge on any atom is -0.447 e. The van der Waals surface area contributed by atoms with Crippen molar-refractivity contribution in [3.05, 3.63) is 0 Å². The lowest BCUT2D eigenvalue weighted by Gasteiger charge is -2.19. The second-order valence-electron chi connectivity index (χ2n) is 26.4. The van der Waals surface area contributed by atoms with Gasteiger partial charge in [0.15, 0.2) is 0 Å². The summed E-state index contributed by atoms with van der Waals surface area (Å²) in [6, 6.07) is 0. The van der Waals surface area contributed by atoms with Gasteiger partial charge in [0.2, 0.25) is 0 Å². The molecule has 0 aromatic carbocycles. The van der Waals surface area contributed by atoms with E-state index < -0.39 is 12.2 Å². The van der Waals surface area contributed by atoms with Gasteiger partial charge in [-0.25, -0.2) is 9.59 Å². The average Bonchev–Trinajstić information content (AvgIpc) is 3.71. The van der Waals surface area contributed by atoms with Gasteiger partial charge in [0.25, 0.3) is 0 Å². The zero-order valence-electron chi connectivity index (χ0n) is 64.7. The maximum absolute atomic E-state index is 12.1. The molecule has 0 aromatic heterocycles. The molecule has 0 aliphatic heterocycles. The number of hydrogen-bond acceptors (Lipinski definition) is 12. The van der Waals surface area contributed by atoms with Gasteiger partial charge in [-0.05, 0) is 25.7 Å². The summed E-state index contributed by atoms with van der Waals surface area (Å²) in [6.07, 6.45) is 65.0. The van der Waals surface area contributed by atoms with Gasteiger partial charge >= 0.3 is 12.2 Å². The SMILES string of the molecule is CCC.CCC.CCCCCCCCCCCCCCOCC(CNC(=O)OCCOCCOC)OCCCCCCCCCCCCCC.CCCCCCCCCCCCCCOC[C@H](COC(=O)NCCOCCOC)OCCCCCCCCCCCCCC. The molecular weight excluding hydrogens is 1180 g/mol. The largest absolute Gasteiger partial charge is 0.447 e. The van der Waals surface area contributed by atoms with Crippen LogP contribution in [-0.2, 0) is 47.4 Å². The fourth-order valence-electron chi connectivity index (χ4n) is 10.6. The lowest BCUT2D eigenvalue weighted by Crippen LogP contribution is -2.37. The van der Waals surface area contributed by atoms with Gasteiger partial charge < -0.3 is 58.0 Å². The van der Waals surface area contributed by atoms with Crippen LogP contribution in [0.1, 0.15) is 376 Å². The highest BCUT2D eigenvalue weighted by molar-refractivity contribution is 5.67. The van der Waals surface area contributed by atoms with E-state index in [1.54, 1.807) is 14.2 Å². The number of unbranched alkanes of at least 4 members (excludes halogenated alkanes) is 44. The first-order valence-electron chi connectivity index (χ1n) is 40.6. The fourth-order valence-corrected chi connectivity index (χ4v) is 10.6. The summed E-state index contributed by atoms with van der Waals surface area (Å²) in [5, 5.41) is 5.56. The number of methoxy groups -OCH3 is 2. The van der Waals surface area contributed by atoms with E-state index >= 15 is 0 Å². The molecule has 0 spiro atoms. The van der Waals surface area contributed by atoms with Crippen LogP contribution in [0.25, 0.3) is 0 Å². The molecule has 0 fully saturated rings. The van der Waals surface area contributed by atoms with Gasteiger partial charge in [-0.1, -0.05) is 351 Å². The quantitative estimate of drug-likeness (QED) is 0.0558. The van der Waals surface area contributed by atoms with Crippen molar-refractivity contribution < 1.29 is 57.0 Å². The fraction of sp³-hybridized carbons (Fsp3) is 0.975. The molecule has 568 valence electrons. The predicted octanol–water partition coefficient (Wildman–Crippen LogP) is 23.2. The van der Waals surface area contributed by atoms with Crippen LogP contribution in [0, 0.1) is 0 Å². The molecule has 2 atom stereocenters. The van der Waals surface area contributed by atoms with Gasteiger partial charge in [-0.2, -0.15) is 0 Å². The topological polar surface area (TPSA) is 150 Å². The van der Waals surface area contributed by atoms with Crippen molar-refractivity contribution in [1.82, 2.24) is 10.6 Å². The molecule has 14 heteroatoms. The van der Waals surface area contributed by atoms with E-state index in [2.05, 4.69) is 66.0 Å². The normalized spacial score (nSPS) is 11.7. The first kappa shape index (κ1) is 98.6. The van der Waals surface area contributed by atoms with Crippen molar-refractivity contribution in [3.8, 4) is 0 Å². The molecule has 0 radical (unpaired) electrons. The summed E-state index contributed by atoms with van der Waals surface area (Å²) in [5.74, 6) is 0.